The number of ether oxygens (including phenoxy) is 1. The summed E-state index contributed by atoms with van der Waals surface area (Å²) in [6.45, 7) is 0.620. The first kappa shape index (κ1) is 14.3. The van der Waals surface area contributed by atoms with E-state index in [4.69, 9.17) is 4.74 Å². The Balaban J connectivity index is 2.18. The zero-order valence-corrected chi connectivity index (χ0v) is 11.0. The van der Waals surface area contributed by atoms with Crippen LogP contribution in [0.15, 0.2) is 12.2 Å². The third kappa shape index (κ3) is 8.96. The smallest absolute Gasteiger partial charge is 0.305 e. The second-order valence-corrected chi connectivity index (χ2v) is 4.85. The second kappa shape index (κ2) is 10.4. The van der Waals surface area contributed by atoms with Gasteiger partial charge in [-0.3, -0.25) is 4.79 Å². The summed E-state index contributed by atoms with van der Waals surface area (Å²) >= 11 is 0. The van der Waals surface area contributed by atoms with Crippen molar-refractivity contribution < 1.29 is 9.53 Å². The van der Waals surface area contributed by atoms with E-state index in [0.29, 0.717) is 13.0 Å². The number of hydrogen-bond donors (Lipinski definition) is 0. The lowest BCUT2D eigenvalue weighted by Gasteiger charge is -2.05. The SMILES string of the molecule is O=C1CCCCCC/C=C/CCCCCCO1. The molecule has 0 atom stereocenters. The van der Waals surface area contributed by atoms with E-state index < -0.39 is 0 Å². The fraction of sp³-hybridized carbons (Fsp3) is 0.800. The van der Waals surface area contributed by atoms with Crippen molar-refractivity contribution in [3.63, 3.8) is 0 Å². The van der Waals surface area contributed by atoms with E-state index in [1.165, 1.54) is 44.9 Å². The topological polar surface area (TPSA) is 26.3 Å². The number of hydrogen-bond acceptors (Lipinski definition) is 2. The van der Waals surface area contributed by atoms with E-state index >= 15 is 0 Å². The van der Waals surface area contributed by atoms with Crippen LogP contribution in [-0.2, 0) is 9.53 Å². The zero-order chi connectivity index (χ0) is 12.2. The number of allylic oxidation sites excluding steroid dienone is 2. The van der Waals surface area contributed by atoms with Crippen molar-refractivity contribution in [3.05, 3.63) is 12.2 Å². The van der Waals surface area contributed by atoms with E-state index in [1.807, 2.05) is 0 Å². The van der Waals surface area contributed by atoms with Crippen LogP contribution in [0.5, 0.6) is 0 Å². The second-order valence-electron chi connectivity index (χ2n) is 4.85. The van der Waals surface area contributed by atoms with Crippen LogP contribution in [0.2, 0.25) is 0 Å². The van der Waals surface area contributed by atoms with Crippen molar-refractivity contribution in [1.82, 2.24) is 0 Å². The summed E-state index contributed by atoms with van der Waals surface area (Å²) in [7, 11) is 0. The van der Waals surface area contributed by atoms with Crippen molar-refractivity contribution in [1.29, 1.82) is 0 Å². The van der Waals surface area contributed by atoms with Gasteiger partial charge >= 0.3 is 5.97 Å². The minimum Gasteiger partial charge on any atom is -0.466 e. The highest BCUT2D eigenvalue weighted by Gasteiger charge is 2.02. The Morgan fingerprint density at radius 3 is 2.06 bits per heavy atom. The predicted octanol–water partition coefficient (Wildman–Crippen LogP) is 4.39. The number of carbonyl (C=O) groups excluding carboxylic acids is 1. The molecule has 1 aliphatic rings. The lowest BCUT2D eigenvalue weighted by molar-refractivity contribution is -0.143. The van der Waals surface area contributed by atoms with Crippen molar-refractivity contribution in [2.45, 2.75) is 70.6 Å². The van der Waals surface area contributed by atoms with E-state index in [9.17, 15) is 4.79 Å². The number of carbonyl (C=O) groups is 1. The predicted molar refractivity (Wildman–Crippen MR) is 70.9 cm³/mol. The van der Waals surface area contributed by atoms with Crippen LogP contribution in [0.1, 0.15) is 70.6 Å². The summed E-state index contributed by atoms with van der Waals surface area (Å²) in [5.74, 6) is -0.00279. The third-order valence-corrected chi connectivity index (χ3v) is 3.20. The summed E-state index contributed by atoms with van der Waals surface area (Å²) in [5, 5.41) is 0. The maximum Gasteiger partial charge on any atom is 0.305 e. The Kier molecular flexibility index (Phi) is 8.71. The first-order valence-electron chi connectivity index (χ1n) is 7.20. The van der Waals surface area contributed by atoms with Crippen LogP contribution in [0.3, 0.4) is 0 Å². The average Bonchev–Trinajstić information content (AvgIpc) is 2.32. The van der Waals surface area contributed by atoms with Crippen molar-refractivity contribution in [2.24, 2.45) is 0 Å². The standard InChI is InChI=1S/C15H26O2/c16-15-13-11-9-7-5-3-1-2-4-6-8-10-12-14-17-15/h1-2H,3-14H2/b2-1+. The molecule has 2 heteroatoms. The first-order valence-corrected chi connectivity index (χ1v) is 7.20. The molecule has 2 nitrogen and oxygen atoms in total. The van der Waals surface area contributed by atoms with Crippen LogP contribution in [0.25, 0.3) is 0 Å². The van der Waals surface area contributed by atoms with Gasteiger partial charge in [0.15, 0.2) is 0 Å². The molecule has 1 rings (SSSR count). The highest BCUT2D eigenvalue weighted by Crippen LogP contribution is 2.09. The van der Waals surface area contributed by atoms with Crippen molar-refractivity contribution in [2.75, 3.05) is 6.61 Å². The van der Waals surface area contributed by atoms with Gasteiger partial charge in [0.25, 0.3) is 0 Å². The molecule has 0 bridgehead atoms. The maximum absolute atomic E-state index is 11.3. The van der Waals surface area contributed by atoms with Gasteiger partial charge in [-0.15, -0.1) is 0 Å². The van der Waals surface area contributed by atoms with E-state index in [1.54, 1.807) is 0 Å². The molecule has 98 valence electrons. The molecular formula is C15H26O2. The van der Waals surface area contributed by atoms with E-state index in [2.05, 4.69) is 12.2 Å². The summed E-state index contributed by atoms with van der Waals surface area (Å²) < 4.78 is 5.19. The molecule has 0 saturated carbocycles. The molecule has 0 amide bonds. The molecule has 0 radical (unpaired) electrons. The minimum atomic E-state index is -0.00279. The van der Waals surface area contributed by atoms with Gasteiger partial charge in [-0.2, -0.15) is 0 Å². The molecule has 0 aromatic heterocycles. The molecule has 0 saturated heterocycles. The monoisotopic (exact) mass is 238 g/mol. The number of cyclic esters (lactones) is 1. The molecule has 1 aliphatic heterocycles. The number of rotatable bonds is 0. The largest absolute Gasteiger partial charge is 0.466 e. The Morgan fingerprint density at radius 1 is 0.765 bits per heavy atom. The van der Waals surface area contributed by atoms with E-state index in [0.717, 1.165) is 19.3 Å². The summed E-state index contributed by atoms with van der Waals surface area (Å²) in [4.78, 5) is 11.3. The molecule has 0 aliphatic carbocycles. The minimum absolute atomic E-state index is 0.00279. The Bertz CT molecular complexity index is 221. The van der Waals surface area contributed by atoms with Gasteiger partial charge in [-0.1, -0.05) is 37.8 Å². The quantitative estimate of drug-likeness (QED) is 0.462. The van der Waals surface area contributed by atoms with Crippen LogP contribution < -0.4 is 0 Å². The van der Waals surface area contributed by atoms with Gasteiger partial charge in [0.2, 0.25) is 0 Å². The number of esters is 1. The Labute approximate surface area is 105 Å². The first-order chi connectivity index (χ1) is 8.39. The molecular weight excluding hydrogens is 212 g/mol. The highest BCUT2D eigenvalue weighted by molar-refractivity contribution is 5.69. The van der Waals surface area contributed by atoms with Gasteiger partial charge in [-0.25, -0.2) is 0 Å². The summed E-state index contributed by atoms with van der Waals surface area (Å²) in [5.41, 5.74) is 0. The molecule has 0 spiro atoms. The van der Waals surface area contributed by atoms with Crippen LogP contribution in [-0.4, -0.2) is 12.6 Å². The van der Waals surface area contributed by atoms with Gasteiger partial charge in [0.1, 0.15) is 0 Å². The lowest BCUT2D eigenvalue weighted by Crippen LogP contribution is -2.05. The van der Waals surface area contributed by atoms with Gasteiger partial charge in [-0.05, 0) is 38.5 Å². The van der Waals surface area contributed by atoms with Crippen LogP contribution in [0, 0.1) is 0 Å². The fourth-order valence-electron chi connectivity index (χ4n) is 2.10. The third-order valence-electron chi connectivity index (χ3n) is 3.20. The van der Waals surface area contributed by atoms with E-state index in [-0.39, 0.29) is 5.97 Å². The maximum atomic E-state index is 11.3. The Hall–Kier alpha value is -0.790. The average molecular weight is 238 g/mol. The van der Waals surface area contributed by atoms with Crippen LogP contribution >= 0.6 is 0 Å². The molecule has 17 heavy (non-hydrogen) atoms. The fourth-order valence-corrected chi connectivity index (χ4v) is 2.10. The Morgan fingerprint density at radius 2 is 1.35 bits per heavy atom. The zero-order valence-electron chi connectivity index (χ0n) is 11.0. The normalized spacial score (nSPS) is 23.9. The van der Waals surface area contributed by atoms with Crippen LogP contribution in [0.4, 0.5) is 0 Å². The van der Waals surface area contributed by atoms with Crippen molar-refractivity contribution in [3.8, 4) is 0 Å². The molecule has 1 heterocycles. The highest BCUT2D eigenvalue weighted by atomic mass is 16.5. The van der Waals surface area contributed by atoms with Crippen molar-refractivity contribution >= 4 is 5.97 Å². The lowest BCUT2D eigenvalue weighted by atomic mass is 10.1. The van der Waals surface area contributed by atoms with Gasteiger partial charge < -0.3 is 4.74 Å². The summed E-state index contributed by atoms with van der Waals surface area (Å²) in [6, 6.07) is 0. The van der Waals surface area contributed by atoms with Gasteiger partial charge in [0.05, 0.1) is 6.61 Å². The van der Waals surface area contributed by atoms with Gasteiger partial charge in [0, 0.05) is 6.42 Å². The summed E-state index contributed by atoms with van der Waals surface area (Å²) in [6.07, 6.45) is 17.0. The molecule has 0 aromatic rings. The molecule has 0 N–H and O–H groups in total. The molecule has 0 unspecified atom stereocenters. The molecule has 0 fully saturated rings. The molecule has 0 aromatic carbocycles.